The molecule has 0 saturated heterocycles. The number of aliphatic hydroxyl groups is 1. The number of amides is 1. The average Bonchev–Trinajstić information content (AvgIpc) is 3.08. The Bertz CT molecular complexity index is 674. The largest absolute Gasteiger partial charge is 0.393 e. The molecule has 1 unspecified atom stereocenters. The number of aromatic nitrogens is 6. The van der Waals surface area contributed by atoms with E-state index in [1.807, 2.05) is 13.2 Å². The fourth-order valence-electron chi connectivity index (χ4n) is 2.89. The van der Waals surface area contributed by atoms with Crippen LogP contribution >= 0.6 is 0 Å². The summed E-state index contributed by atoms with van der Waals surface area (Å²) in [7, 11) is 1.85. The molecule has 1 saturated carbocycles. The van der Waals surface area contributed by atoms with Crippen molar-refractivity contribution in [3.8, 4) is 0 Å². The molecular weight excluding hydrogens is 298 g/mol. The van der Waals surface area contributed by atoms with Gasteiger partial charge in [-0.15, -0.1) is 5.10 Å². The summed E-state index contributed by atoms with van der Waals surface area (Å²) in [4.78, 5) is 12.3. The molecule has 1 amide bonds. The van der Waals surface area contributed by atoms with Crippen molar-refractivity contribution < 1.29 is 9.90 Å². The topological polar surface area (TPSA) is 111 Å². The predicted molar refractivity (Wildman–Crippen MR) is 80.0 cm³/mol. The SMILES string of the molecule is Cc1nnnn1CCC(=O)NC(c1cnn(C)c1)C1CC(O)C1. The van der Waals surface area contributed by atoms with Crippen LogP contribution in [-0.4, -0.2) is 47.1 Å². The van der Waals surface area contributed by atoms with Crippen molar-refractivity contribution in [2.75, 3.05) is 0 Å². The summed E-state index contributed by atoms with van der Waals surface area (Å²) in [5, 5.41) is 28.0. The molecule has 1 atom stereocenters. The molecule has 2 aromatic rings. The molecule has 0 bridgehead atoms. The Kier molecular flexibility index (Phi) is 4.37. The molecule has 124 valence electrons. The number of nitrogens with one attached hydrogen (secondary N) is 1. The Morgan fingerprint density at radius 2 is 2.30 bits per heavy atom. The van der Waals surface area contributed by atoms with Gasteiger partial charge in [0.15, 0.2) is 0 Å². The van der Waals surface area contributed by atoms with Crippen LogP contribution in [0.5, 0.6) is 0 Å². The number of carbonyl (C=O) groups excluding carboxylic acids is 1. The quantitative estimate of drug-likeness (QED) is 0.758. The van der Waals surface area contributed by atoms with Crippen LogP contribution in [0.25, 0.3) is 0 Å². The fourth-order valence-corrected chi connectivity index (χ4v) is 2.89. The van der Waals surface area contributed by atoms with E-state index < -0.39 is 0 Å². The standard InChI is InChI=1S/C14H21N7O2/c1-9-17-18-19-21(9)4-3-13(23)16-14(10-5-12(22)6-10)11-7-15-20(2)8-11/h7-8,10,12,14,22H,3-6H2,1-2H3,(H,16,23). The Labute approximate surface area is 133 Å². The van der Waals surface area contributed by atoms with Crippen LogP contribution in [-0.2, 0) is 18.4 Å². The molecule has 9 nitrogen and oxygen atoms in total. The first-order valence-corrected chi connectivity index (χ1v) is 7.71. The third-order valence-electron chi connectivity index (χ3n) is 4.28. The van der Waals surface area contributed by atoms with Crippen molar-refractivity contribution in [3.05, 3.63) is 23.8 Å². The highest BCUT2D eigenvalue weighted by Crippen LogP contribution is 2.37. The minimum Gasteiger partial charge on any atom is -0.393 e. The van der Waals surface area contributed by atoms with Gasteiger partial charge in [0, 0.05) is 25.2 Å². The molecule has 9 heteroatoms. The van der Waals surface area contributed by atoms with Crippen molar-refractivity contribution >= 4 is 5.91 Å². The van der Waals surface area contributed by atoms with Crippen LogP contribution in [0, 0.1) is 12.8 Å². The van der Waals surface area contributed by atoms with Gasteiger partial charge in [0.1, 0.15) is 5.82 Å². The minimum absolute atomic E-state index is 0.0601. The van der Waals surface area contributed by atoms with E-state index >= 15 is 0 Å². The van der Waals surface area contributed by atoms with E-state index in [9.17, 15) is 9.90 Å². The molecule has 1 aliphatic carbocycles. The maximum Gasteiger partial charge on any atom is 0.222 e. The summed E-state index contributed by atoms with van der Waals surface area (Å²) in [5.41, 5.74) is 0.969. The van der Waals surface area contributed by atoms with Gasteiger partial charge in [-0.1, -0.05) is 0 Å². The first-order chi connectivity index (χ1) is 11.0. The van der Waals surface area contributed by atoms with E-state index in [4.69, 9.17) is 0 Å². The van der Waals surface area contributed by atoms with Crippen LogP contribution in [0.2, 0.25) is 0 Å². The smallest absolute Gasteiger partial charge is 0.222 e. The van der Waals surface area contributed by atoms with E-state index in [1.165, 1.54) is 0 Å². The molecule has 2 N–H and O–H groups in total. The summed E-state index contributed by atoms with van der Waals surface area (Å²) in [6.45, 7) is 2.24. The average molecular weight is 319 g/mol. The first kappa shape index (κ1) is 15.6. The fraction of sp³-hybridized carbons (Fsp3) is 0.643. The number of aliphatic hydroxyl groups excluding tert-OH is 1. The Morgan fingerprint density at radius 1 is 1.52 bits per heavy atom. The Balaban J connectivity index is 1.61. The van der Waals surface area contributed by atoms with Crippen molar-refractivity contribution in [2.45, 2.75) is 44.9 Å². The maximum atomic E-state index is 12.3. The van der Waals surface area contributed by atoms with Crippen LogP contribution in [0.4, 0.5) is 0 Å². The second kappa shape index (κ2) is 6.45. The summed E-state index contributed by atoms with van der Waals surface area (Å²) in [6, 6.07) is -0.116. The van der Waals surface area contributed by atoms with Gasteiger partial charge in [0.2, 0.25) is 5.91 Å². The number of aryl methyl sites for hydroxylation is 3. The molecule has 0 radical (unpaired) electrons. The monoisotopic (exact) mass is 319 g/mol. The summed E-state index contributed by atoms with van der Waals surface area (Å²) in [6.07, 6.45) is 5.11. The molecule has 0 aromatic carbocycles. The lowest BCUT2D eigenvalue weighted by Crippen LogP contribution is -2.41. The lowest BCUT2D eigenvalue weighted by Gasteiger charge is -2.37. The third-order valence-corrected chi connectivity index (χ3v) is 4.28. The van der Waals surface area contributed by atoms with E-state index in [0.29, 0.717) is 31.6 Å². The zero-order valence-corrected chi connectivity index (χ0v) is 13.3. The second-order valence-electron chi connectivity index (χ2n) is 6.08. The summed E-state index contributed by atoms with van der Waals surface area (Å²) < 4.78 is 3.32. The van der Waals surface area contributed by atoms with E-state index in [1.54, 1.807) is 22.5 Å². The van der Waals surface area contributed by atoms with E-state index in [2.05, 4.69) is 25.9 Å². The number of rotatable bonds is 6. The normalized spacial score (nSPS) is 21.7. The highest BCUT2D eigenvalue weighted by atomic mass is 16.3. The predicted octanol–water partition coefficient (Wildman–Crippen LogP) is -0.266. The molecule has 2 aromatic heterocycles. The lowest BCUT2D eigenvalue weighted by molar-refractivity contribution is -0.123. The first-order valence-electron chi connectivity index (χ1n) is 7.71. The third kappa shape index (κ3) is 3.55. The zero-order valence-electron chi connectivity index (χ0n) is 13.3. The van der Waals surface area contributed by atoms with Gasteiger partial charge in [-0.3, -0.25) is 9.48 Å². The highest BCUT2D eigenvalue weighted by molar-refractivity contribution is 5.76. The van der Waals surface area contributed by atoms with E-state index in [0.717, 1.165) is 5.56 Å². The molecule has 3 rings (SSSR count). The number of hydrogen-bond donors (Lipinski definition) is 2. The maximum absolute atomic E-state index is 12.3. The van der Waals surface area contributed by atoms with Gasteiger partial charge in [-0.2, -0.15) is 5.10 Å². The van der Waals surface area contributed by atoms with E-state index in [-0.39, 0.29) is 24.0 Å². The van der Waals surface area contributed by atoms with Crippen molar-refractivity contribution in [1.29, 1.82) is 0 Å². The van der Waals surface area contributed by atoms with Gasteiger partial charge in [0.25, 0.3) is 0 Å². The van der Waals surface area contributed by atoms with Gasteiger partial charge in [-0.25, -0.2) is 4.68 Å². The molecule has 2 heterocycles. The van der Waals surface area contributed by atoms with Crippen molar-refractivity contribution in [1.82, 2.24) is 35.3 Å². The molecule has 1 fully saturated rings. The van der Waals surface area contributed by atoms with Crippen LogP contribution in [0.15, 0.2) is 12.4 Å². The van der Waals surface area contributed by atoms with Crippen LogP contribution in [0.1, 0.15) is 36.7 Å². The van der Waals surface area contributed by atoms with Gasteiger partial charge in [-0.05, 0) is 36.1 Å². The lowest BCUT2D eigenvalue weighted by atomic mass is 9.75. The molecule has 0 spiro atoms. The molecular formula is C14H21N7O2. The molecule has 23 heavy (non-hydrogen) atoms. The van der Waals surface area contributed by atoms with Crippen LogP contribution < -0.4 is 5.32 Å². The van der Waals surface area contributed by atoms with Crippen LogP contribution in [0.3, 0.4) is 0 Å². The van der Waals surface area contributed by atoms with Gasteiger partial charge >= 0.3 is 0 Å². The summed E-state index contributed by atoms with van der Waals surface area (Å²) in [5.74, 6) is 0.867. The number of nitrogens with zero attached hydrogens (tertiary/aromatic N) is 6. The Hall–Kier alpha value is -2.29. The minimum atomic E-state index is -0.264. The molecule has 0 aliphatic heterocycles. The number of hydrogen-bond acceptors (Lipinski definition) is 6. The second-order valence-corrected chi connectivity index (χ2v) is 6.08. The number of tetrazole rings is 1. The number of carbonyl (C=O) groups is 1. The van der Waals surface area contributed by atoms with Crippen molar-refractivity contribution in [3.63, 3.8) is 0 Å². The van der Waals surface area contributed by atoms with Crippen molar-refractivity contribution in [2.24, 2.45) is 13.0 Å². The Morgan fingerprint density at radius 3 is 2.87 bits per heavy atom. The van der Waals surface area contributed by atoms with Gasteiger partial charge in [0.05, 0.1) is 24.9 Å². The zero-order chi connectivity index (χ0) is 16.4. The van der Waals surface area contributed by atoms with Gasteiger partial charge < -0.3 is 10.4 Å². The molecule has 1 aliphatic rings. The summed E-state index contributed by atoms with van der Waals surface area (Å²) >= 11 is 0. The highest BCUT2D eigenvalue weighted by Gasteiger charge is 2.36.